The second-order valence-corrected chi connectivity index (χ2v) is 6.91. The molecule has 2 aromatic heterocycles. The lowest BCUT2D eigenvalue weighted by Gasteiger charge is -2.41. The number of likely N-dealkylation sites (tertiary alicyclic amines) is 1. The molecule has 0 bridgehead atoms. The van der Waals surface area contributed by atoms with Crippen LogP contribution in [0.3, 0.4) is 0 Å². The first-order valence-corrected chi connectivity index (χ1v) is 8.50. The molecule has 8 heteroatoms. The van der Waals surface area contributed by atoms with Gasteiger partial charge in [0.1, 0.15) is 17.2 Å². The number of hydrogen-bond acceptors (Lipinski definition) is 6. The van der Waals surface area contributed by atoms with E-state index in [0.29, 0.717) is 28.6 Å². The number of aryl methyl sites for hydroxylation is 1. The van der Waals surface area contributed by atoms with Gasteiger partial charge in [0.15, 0.2) is 5.82 Å². The van der Waals surface area contributed by atoms with Crippen LogP contribution >= 0.6 is 11.6 Å². The normalized spacial score (nSPS) is 21.8. The quantitative estimate of drug-likeness (QED) is 0.909. The molecule has 3 heterocycles. The minimum atomic E-state index is 0.317. The highest BCUT2D eigenvalue weighted by atomic mass is 35.5. The van der Waals surface area contributed by atoms with Crippen molar-refractivity contribution >= 4 is 23.2 Å². The van der Waals surface area contributed by atoms with E-state index in [4.69, 9.17) is 17.3 Å². The Labute approximate surface area is 147 Å². The Balaban J connectivity index is 1.84. The van der Waals surface area contributed by atoms with Gasteiger partial charge in [-0.25, -0.2) is 15.0 Å². The van der Waals surface area contributed by atoms with Crippen LogP contribution in [0.1, 0.15) is 24.6 Å². The van der Waals surface area contributed by atoms with E-state index in [1.807, 2.05) is 26.6 Å². The second-order valence-electron chi connectivity index (χ2n) is 6.53. The second kappa shape index (κ2) is 6.94. The minimum Gasteiger partial charge on any atom is -0.382 e. The van der Waals surface area contributed by atoms with Gasteiger partial charge in [-0.15, -0.1) is 0 Å². The number of nitrogens with zero attached hydrogens (tertiary/aromatic N) is 6. The molecule has 1 saturated heterocycles. The van der Waals surface area contributed by atoms with Crippen molar-refractivity contribution in [2.24, 2.45) is 13.0 Å². The molecule has 3 rings (SSSR count). The van der Waals surface area contributed by atoms with Gasteiger partial charge in [0.2, 0.25) is 0 Å². The fourth-order valence-electron chi connectivity index (χ4n) is 3.65. The first kappa shape index (κ1) is 17.0. The highest BCUT2D eigenvalue weighted by Crippen LogP contribution is 2.36. The summed E-state index contributed by atoms with van der Waals surface area (Å²) in [4.78, 5) is 17.0. The highest BCUT2D eigenvalue weighted by molar-refractivity contribution is 6.35. The van der Waals surface area contributed by atoms with Gasteiger partial charge < -0.3 is 15.2 Å². The van der Waals surface area contributed by atoms with Crippen LogP contribution in [0.15, 0.2) is 18.9 Å². The molecule has 0 saturated carbocycles. The van der Waals surface area contributed by atoms with Crippen LogP contribution in [0, 0.1) is 5.92 Å². The number of imidazole rings is 1. The summed E-state index contributed by atoms with van der Waals surface area (Å²) in [5.41, 5.74) is 7.05. The molecule has 2 atom stereocenters. The van der Waals surface area contributed by atoms with Crippen molar-refractivity contribution in [1.29, 1.82) is 0 Å². The zero-order valence-electron chi connectivity index (χ0n) is 14.4. The number of aromatic nitrogens is 4. The van der Waals surface area contributed by atoms with Crippen LogP contribution in [0.5, 0.6) is 0 Å². The molecule has 0 aliphatic carbocycles. The number of piperidine rings is 1. The lowest BCUT2D eigenvalue weighted by molar-refractivity contribution is 0.118. The number of nitrogen functional groups attached to an aromatic ring is 1. The topological polar surface area (TPSA) is 76.1 Å². The molecule has 0 aromatic carbocycles. The molecule has 2 N–H and O–H groups in total. The third kappa shape index (κ3) is 3.18. The van der Waals surface area contributed by atoms with Gasteiger partial charge in [0, 0.05) is 26.8 Å². The van der Waals surface area contributed by atoms with Gasteiger partial charge in [-0.2, -0.15) is 0 Å². The molecule has 1 aliphatic heterocycles. The highest BCUT2D eigenvalue weighted by Gasteiger charge is 2.33. The van der Waals surface area contributed by atoms with E-state index in [1.165, 1.54) is 18.4 Å². The molecule has 0 unspecified atom stereocenters. The first-order chi connectivity index (χ1) is 11.5. The summed E-state index contributed by atoms with van der Waals surface area (Å²) in [6.45, 7) is 1.94. The monoisotopic (exact) mass is 349 g/mol. The lowest BCUT2D eigenvalue weighted by atomic mass is 9.87. The molecule has 0 amide bonds. The van der Waals surface area contributed by atoms with Crippen molar-refractivity contribution in [2.45, 2.75) is 18.9 Å². The van der Waals surface area contributed by atoms with Crippen molar-refractivity contribution in [1.82, 2.24) is 24.4 Å². The molecule has 1 fully saturated rings. The minimum absolute atomic E-state index is 0.317. The number of nitrogens with two attached hydrogens (primary N) is 1. The summed E-state index contributed by atoms with van der Waals surface area (Å²) in [7, 11) is 6.23. The fourth-order valence-corrected chi connectivity index (χ4v) is 3.89. The maximum Gasteiger partial charge on any atom is 0.152 e. The van der Waals surface area contributed by atoms with E-state index in [1.54, 1.807) is 0 Å². The first-order valence-electron chi connectivity index (χ1n) is 8.12. The summed E-state index contributed by atoms with van der Waals surface area (Å²) in [5, 5.41) is 0.418. The Bertz CT molecular complexity index is 701. The van der Waals surface area contributed by atoms with E-state index in [-0.39, 0.29) is 0 Å². The van der Waals surface area contributed by atoms with Crippen molar-refractivity contribution in [3.8, 4) is 0 Å². The van der Waals surface area contributed by atoms with E-state index in [9.17, 15) is 0 Å². The molecule has 0 spiro atoms. The Morgan fingerprint density at radius 1 is 1.38 bits per heavy atom. The van der Waals surface area contributed by atoms with Crippen LogP contribution in [0.2, 0.25) is 5.02 Å². The molecule has 7 nitrogen and oxygen atoms in total. The smallest absolute Gasteiger partial charge is 0.152 e. The van der Waals surface area contributed by atoms with Crippen LogP contribution < -0.4 is 10.6 Å². The number of hydrogen-bond donors (Lipinski definition) is 1. The molecular formula is C16H24ClN7. The Kier molecular flexibility index (Phi) is 4.91. The maximum absolute atomic E-state index is 6.28. The third-order valence-corrected chi connectivity index (χ3v) is 5.19. The molecule has 130 valence electrons. The van der Waals surface area contributed by atoms with Gasteiger partial charge in [-0.1, -0.05) is 11.6 Å². The summed E-state index contributed by atoms with van der Waals surface area (Å²) in [6, 6.07) is 0.326. The predicted molar refractivity (Wildman–Crippen MR) is 96.0 cm³/mol. The largest absolute Gasteiger partial charge is 0.382 e. The zero-order valence-corrected chi connectivity index (χ0v) is 15.1. The van der Waals surface area contributed by atoms with Crippen molar-refractivity contribution in [3.63, 3.8) is 0 Å². The summed E-state index contributed by atoms with van der Waals surface area (Å²) >= 11 is 6.28. The molecule has 24 heavy (non-hydrogen) atoms. The van der Waals surface area contributed by atoms with Gasteiger partial charge in [0.25, 0.3) is 0 Å². The standard InChI is InChI=1S/C16H24ClN7/c1-22-6-4-5-11(14(22)12-7-19-10-24(12)3)8-23(2)16-13(17)15(18)20-9-21-16/h7,9-11,14H,4-6,8H2,1-3H3,(H2,18,20,21)/t11-,14+/m0/s1. The van der Waals surface area contributed by atoms with Gasteiger partial charge in [-0.05, 0) is 32.4 Å². The van der Waals surface area contributed by atoms with Gasteiger partial charge in [-0.3, -0.25) is 4.90 Å². The molecular weight excluding hydrogens is 326 g/mol. The summed E-state index contributed by atoms with van der Waals surface area (Å²) < 4.78 is 2.11. The molecule has 2 aromatic rings. The predicted octanol–water partition coefficient (Wildman–Crippen LogP) is 1.96. The van der Waals surface area contributed by atoms with Gasteiger partial charge >= 0.3 is 0 Å². The van der Waals surface area contributed by atoms with E-state index >= 15 is 0 Å². The Hall–Kier alpha value is -1.86. The number of anilines is 2. The zero-order chi connectivity index (χ0) is 17.3. The van der Waals surface area contributed by atoms with Crippen molar-refractivity contribution in [3.05, 3.63) is 29.6 Å². The number of halogens is 1. The SMILES string of the molecule is CN(C[C@@H]1CCCN(C)[C@H]1c1cncn1C)c1ncnc(N)c1Cl. The fraction of sp³-hybridized carbons (Fsp3) is 0.562. The number of rotatable bonds is 4. The van der Waals surface area contributed by atoms with Crippen LogP contribution in [-0.4, -0.2) is 51.6 Å². The van der Waals surface area contributed by atoms with E-state index in [2.05, 4.69) is 36.4 Å². The van der Waals surface area contributed by atoms with E-state index in [0.717, 1.165) is 19.5 Å². The maximum atomic E-state index is 6.28. The van der Waals surface area contributed by atoms with Crippen molar-refractivity contribution in [2.75, 3.05) is 37.8 Å². The van der Waals surface area contributed by atoms with Crippen LogP contribution in [0.4, 0.5) is 11.6 Å². The van der Waals surface area contributed by atoms with Crippen LogP contribution in [0.25, 0.3) is 0 Å². The van der Waals surface area contributed by atoms with Gasteiger partial charge in [0.05, 0.1) is 18.1 Å². The summed E-state index contributed by atoms with van der Waals surface area (Å²) in [6.07, 6.45) is 7.63. The average molecular weight is 350 g/mol. The molecule has 0 radical (unpaired) electrons. The Morgan fingerprint density at radius 3 is 2.88 bits per heavy atom. The van der Waals surface area contributed by atoms with Crippen LogP contribution in [-0.2, 0) is 7.05 Å². The van der Waals surface area contributed by atoms with Crippen molar-refractivity contribution < 1.29 is 0 Å². The summed E-state index contributed by atoms with van der Waals surface area (Å²) in [5.74, 6) is 1.45. The lowest BCUT2D eigenvalue weighted by Crippen LogP contribution is -2.42. The third-order valence-electron chi connectivity index (χ3n) is 4.83. The Morgan fingerprint density at radius 2 is 2.17 bits per heavy atom. The molecule has 1 aliphatic rings. The average Bonchev–Trinajstić information content (AvgIpc) is 2.96. The van der Waals surface area contributed by atoms with E-state index < -0.39 is 0 Å².